The third-order valence-corrected chi connectivity index (χ3v) is 2.72. The number of hydrogen-bond donors (Lipinski definition) is 1. The highest BCUT2D eigenvalue weighted by atomic mass is 16.5. The normalized spacial score (nSPS) is 10.9. The van der Waals surface area contributed by atoms with Gasteiger partial charge in [-0.2, -0.15) is 0 Å². The first-order chi connectivity index (χ1) is 8.15. The number of nitrogens with one attached hydrogen (secondary N) is 1. The molecule has 1 N–H and O–H groups in total. The number of ether oxygens (including phenoxy) is 1. The van der Waals surface area contributed by atoms with Crippen molar-refractivity contribution in [2.45, 2.75) is 46.6 Å². The van der Waals surface area contributed by atoms with Crippen LogP contribution in [0.25, 0.3) is 0 Å². The molecule has 0 bridgehead atoms. The van der Waals surface area contributed by atoms with Gasteiger partial charge in [-0.15, -0.1) is 0 Å². The summed E-state index contributed by atoms with van der Waals surface area (Å²) in [6.07, 6.45) is 4.04. The van der Waals surface area contributed by atoms with Crippen molar-refractivity contribution in [3.8, 4) is 5.88 Å². The van der Waals surface area contributed by atoms with Crippen molar-refractivity contribution in [1.82, 2.24) is 9.97 Å². The molecular formula is C13H23N3O. The van der Waals surface area contributed by atoms with E-state index in [0.717, 1.165) is 12.4 Å². The highest BCUT2D eigenvalue weighted by molar-refractivity contribution is 5.37. The van der Waals surface area contributed by atoms with Gasteiger partial charge in [-0.05, 0) is 19.8 Å². The Morgan fingerprint density at radius 2 is 1.94 bits per heavy atom. The molecule has 0 aliphatic carbocycles. The Morgan fingerprint density at radius 1 is 1.24 bits per heavy atom. The van der Waals surface area contributed by atoms with Crippen LogP contribution in [-0.4, -0.2) is 22.6 Å². The molecule has 1 aromatic heterocycles. The summed E-state index contributed by atoms with van der Waals surface area (Å²) in [6, 6.07) is 1.85. The second-order valence-electron chi connectivity index (χ2n) is 4.47. The summed E-state index contributed by atoms with van der Waals surface area (Å²) in [4.78, 5) is 8.26. The van der Waals surface area contributed by atoms with Gasteiger partial charge in [0.25, 0.3) is 0 Å². The smallest absolute Gasteiger partial charge is 0.218 e. The molecule has 0 fully saturated rings. The summed E-state index contributed by atoms with van der Waals surface area (Å²) >= 11 is 0. The van der Waals surface area contributed by atoms with E-state index in [0.29, 0.717) is 11.8 Å². The molecule has 0 aromatic carbocycles. The minimum absolute atomic E-state index is 0.136. The van der Waals surface area contributed by atoms with Crippen molar-refractivity contribution in [2.75, 3.05) is 11.9 Å². The minimum Gasteiger partial charge on any atom is -0.475 e. The molecule has 1 heterocycles. The quantitative estimate of drug-likeness (QED) is 0.791. The highest BCUT2D eigenvalue weighted by Gasteiger charge is 2.05. The maximum absolute atomic E-state index is 5.52. The molecule has 1 aromatic rings. The van der Waals surface area contributed by atoms with Crippen molar-refractivity contribution in [3.63, 3.8) is 0 Å². The molecule has 0 saturated carbocycles. The molecule has 0 saturated heterocycles. The zero-order valence-corrected chi connectivity index (χ0v) is 11.2. The lowest BCUT2D eigenvalue weighted by molar-refractivity contribution is 0.232. The maximum atomic E-state index is 5.52. The SMILES string of the molecule is CCC(CC)CNc1cc(OC(C)C)ncn1. The van der Waals surface area contributed by atoms with Gasteiger partial charge in [0.15, 0.2) is 0 Å². The molecule has 1 rings (SSSR count). The Labute approximate surface area is 104 Å². The molecule has 4 heteroatoms. The van der Waals surface area contributed by atoms with Crippen molar-refractivity contribution >= 4 is 5.82 Å². The monoisotopic (exact) mass is 237 g/mol. The summed E-state index contributed by atoms with van der Waals surface area (Å²) in [6.45, 7) is 9.34. The Morgan fingerprint density at radius 3 is 2.53 bits per heavy atom. The van der Waals surface area contributed by atoms with Crippen LogP contribution in [0.1, 0.15) is 40.5 Å². The Balaban J connectivity index is 2.53. The number of hydrogen-bond acceptors (Lipinski definition) is 4. The molecule has 0 amide bonds. The van der Waals surface area contributed by atoms with Gasteiger partial charge in [0.1, 0.15) is 12.1 Å². The van der Waals surface area contributed by atoms with Crippen LogP contribution in [0.15, 0.2) is 12.4 Å². The third kappa shape index (κ3) is 5.02. The lowest BCUT2D eigenvalue weighted by Crippen LogP contribution is -2.14. The maximum Gasteiger partial charge on any atom is 0.218 e. The fourth-order valence-corrected chi connectivity index (χ4v) is 1.57. The molecular weight excluding hydrogens is 214 g/mol. The predicted molar refractivity (Wildman–Crippen MR) is 70.4 cm³/mol. The van der Waals surface area contributed by atoms with Gasteiger partial charge < -0.3 is 10.1 Å². The molecule has 0 aliphatic rings. The first-order valence-electron chi connectivity index (χ1n) is 6.38. The standard InChI is InChI=1S/C13H23N3O/c1-5-11(6-2)8-14-12-7-13(16-9-15-12)17-10(3)4/h7,9-11H,5-6,8H2,1-4H3,(H,14,15,16). The predicted octanol–water partition coefficient (Wildman–Crippen LogP) is 3.11. The fourth-order valence-electron chi connectivity index (χ4n) is 1.57. The van der Waals surface area contributed by atoms with Gasteiger partial charge in [-0.3, -0.25) is 0 Å². The number of anilines is 1. The zero-order valence-electron chi connectivity index (χ0n) is 11.2. The largest absolute Gasteiger partial charge is 0.475 e. The van der Waals surface area contributed by atoms with Crippen LogP contribution in [0.4, 0.5) is 5.82 Å². The lowest BCUT2D eigenvalue weighted by Gasteiger charge is -2.14. The van der Waals surface area contributed by atoms with E-state index in [1.807, 2.05) is 19.9 Å². The van der Waals surface area contributed by atoms with E-state index in [2.05, 4.69) is 29.1 Å². The van der Waals surface area contributed by atoms with Crippen molar-refractivity contribution < 1.29 is 4.74 Å². The van der Waals surface area contributed by atoms with Crippen LogP contribution in [-0.2, 0) is 0 Å². The first kappa shape index (κ1) is 13.7. The van der Waals surface area contributed by atoms with E-state index < -0.39 is 0 Å². The van der Waals surface area contributed by atoms with Gasteiger partial charge in [0.05, 0.1) is 6.10 Å². The molecule has 0 spiro atoms. The Hall–Kier alpha value is -1.32. The molecule has 96 valence electrons. The third-order valence-electron chi connectivity index (χ3n) is 2.72. The molecule has 0 radical (unpaired) electrons. The van der Waals surface area contributed by atoms with Gasteiger partial charge in [-0.1, -0.05) is 26.7 Å². The number of rotatable bonds is 7. The van der Waals surface area contributed by atoms with E-state index in [-0.39, 0.29) is 6.10 Å². The average molecular weight is 237 g/mol. The van der Waals surface area contributed by atoms with Crippen molar-refractivity contribution in [1.29, 1.82) is 0 Å². The second kappa shape index (κ2) is 7.09. The number of nitrogens with zero attached hydrogens (tertiary/aromatic N) is 2. The zero-order chi connectivity index (χ0) is 12.7. The molecule has 17 heavy (non-hydrogen) atoms. The van der Waals surface area contributed by atoms with Crippen LogP contribution < -0.4 is 10.1 Å². The average Bonchev–Trinajstić information content (AvgIpc) is 2.30. The van der Waals surface area contributed by atoms with E-state index in [1.54, 1.807) is 0 Å². The van der Waals surface area contributed by atoms with Crippen molar-refractivity contribution in [3.05, 3.63) is 12.4 Å². The summed E-state index contributed by atoms with van der Waals surface area (Å²) < 4.78 is 5.52. The molecule has 0 aliphatic heterocycles. The fraction of sp³-hybridized carbons (Fsp3) is 0.692. The summed E-state index contributed by atoms with van der Waals surface area (Å²) in [5.41, 5.74) is 0. The van der Waals surface area contributed by atoms with Crippen LogP contribution in [0, 0.1) is 5.92 Å². The van der Waals surface area contributed by atoms with E-state index in [4.69, 9.17) is 4.74 Å². The van der Waals surface area contributed by atoms with Crippen molar-refractivity contribution in [2.24, 2.45) is 5.92 Å². The first-order valence-corrected chi connectivity index (χ1v) is 6.38. The van der Waals surface area contributed by atoms with Crippen LogP contribution >= 0.6 is 0 Å². The van der Waals surface area contributed by atoms with Gasteiger partial charge in [-0.25, -0.2) is 9.97 Å². The second-order valence-corrected chi connectivity index (χ2v) is 4.47. The summed E-state index contributed by atoms with van der Waals surface area (Å²) in [7, 11) is 0. The van der Waals surface area contributed by atoms with Gasteiger partial charge >= 0.3 is 0 Å². The van der Waals surface area contributed by atoms with Crippen LogP contribution in [0.5, 0.6) is 5.88 Å². The summed E-state index contributed by atoms with van der Waals surface area (Å²) in [5.74, 6) is 2.16. The highest BCUT2D eigenvalue weighted by Crippen LogP contribution is 2.14. The van der Waals surface area contributed by atoms with Crippen LogP contribution in [0.3, 0.4) is 0 Å². The van der Waals surface area contributed by atoms with Crippen LogP contribution in [0.2, 0.25) is 0 Å². The van der Waals surface area contributed by atoms with E-state index in [9.17, 15) is 0 Å². The Kier molecular flexibility index (Phi) is 5.73. The molecule has 4 nitrogen and oxygen atoms in total. The molecule has 0 unspecified atom stereocenters. The van der Waals surface area contributed by atoms with Gasteiger partial charge in [0.2, 0.25) is 5.88 Å². The molecule has 0 atom stereocenters. The minimum atomic E-state index is 0.136. The van der Waals surface area contributed by atoms with Gasteiger partial charge in [0, 0.05) is 12.6 Å². The van der Waals surface area contributed by atoms with E-state index in [1.165, 1.54) is 19.2 Å². The lowest BCUT2D eigenvalue weighted by atomic mass is 10.0. The number of aromatic nitrogens is 2. The Bertz CT molecular complexity index is 324. The topological polar surface area (TPSA) is 47.0 Å². The summed E-state index contributed by atoms with van der Waals surface area (Å²) in [5, 5.41) is 3.33. The van der Waals surface area contributed by atoms with E-state index >= 15 is 0 Å².